The van der Waals surface area contributed by atoms with Gasteiger partial charge in [0.15, 0.2) is 5.78 Å². The molecule has 4 aromatic carbocycles. The van der Waals surface area contributed by atoms with E-state index in [0.717, 1.165) is 0 Å². The third-order valence-electron chi connectivity index (χ3n) is 5.55. The molecule has 0 spiro atoms. The van der Waals surface area contributed by atoms with E-state index in [9.17, 15) is 24.3 Å². The zero-order valence-electron chi connectivity index (χ0n) is 17.1. The molecule has 0 fully saturated rings. The van der Waals surface area contributed by atoms with Crippen molar-refractivity contribution in [3.8, 4) is 5.75 Å². The molecule has 3 amide bonds. The molecule has 1 aliphatic heterocycles. The summed E-state index contributed by atoms with van der Waals surface area (Å²) in [5.74, 6) is -2.77. The van der Waals surface area contributed by atoms with Crippen LogP contribution < -0.4 is 5.43 Å². The molecule has 0 atom stereocenters. The van der Waals surface area contributed by atoms with Crippen molar-refractivity contribution in [3.63, 3.8) is 0 Å². The average Bonchev–Trinajstić information content (AvgIpc) is 2.85. The maximum absolute atomic E-state index is 13.2. The zero-order chi connectivity index (χ0) is 23.1. The highest BCUT2D eigenvalue weighted by Gasteiger charge is 2.35. The number of amides is 3. The summed E-state index contributed by atoms with van der Waals surface area (Å²) in [6.45, 7) is 0. The normalized spacial score (nSPS) is 12.7. The van der Waals surface area contributed by atoms with Crippen LogP contribution in [0.4, 0.5) is 0 Å². The van der Waals surface area contributed by atoms with Crippen molar-refractivity contribution in [2.24, 2.45) is 0 Å². The summed E-state index contributed by atoms with van der Waals surface area (Å²) in [6.07, 6.45) is 0. The molecule has 160 valence electrons. The number of carbonyl (C=O) groups is 4. The van der Waals surface area contributed by atoms with E-state index in [2.05, 4.69) is 5.43 Å². The highest BCUT2D eigenvalue weighted by Crippen LogP contribution is 2.32. The second-order valence-corrected chi connectivity index (χ2v) is 7.49. The third-order valence-corrected chi connectivity index (χ3v) is 5.55. The average molecular weight is 436 g/mol. The van der Waals surface area contributed by atoms with Crippen LogP contribution in [0.2, 0.25) is 0 Å². The van der Waals surface area contributed by atoms with Gasteiger partial charge >= 0.3 is 0 Å². The number of phenols is 1. The Kier molecular flexibility index (Phi) is 4.71. The van der Waals surface area contributed by atoms with Gasteiger partial charge in [-0.3, -0.25) is 24.6 Å². The SMILES string of the molecule is O=C(NN1C(=O)c2cccc3c(C(=O)c4ccccc4)ccc(c23)C1=O)c1ccccc1O. The van der Waals surface area contributed by atoms with Crippen molar-refractivity contribution < 1.29 is 24.3 Å². The molecule has 33 heavy (non-hydrogen) atoms. The van der Waals surface area contributed by atoms with Crippen LogP contribution in [0.5, 0.6) is 5.75 Å². The number of nitrogens with zero attached hydrogens (tertiary/aromatic N) is 1. The number of hydrogen-bond donors (Lipinski definition) is 2. The van der Waals surface area contributed by atoms with Gasteiger partial charge in [-0.25, -0.2) is 0 Å². The second-order valence-electron chi connectivity index (χ2n) is 7.49. The number of hydrazine groups is 1. The first-order chi connectivity index (χ1) is 16.0. The number of benzene rings is 4. The number of rotatable bonds is 4. The van der Waals surface area contributed by atoms with Gasteiger partial charge in [0.1, 0.15) is 5.75 Å². The van der Waals surface area contributed by atoms with Gasteiger partial charge in [0.2, 0.25) is 0 Å². The van der Waals surface area contributed by atoms with E-state index in [-0.39, 0.29) is 28.2 Å². The predicted molar refractivity (Wildman–Crippen MR) is 120 cm³/mol. The van der Waals surface area contributed by atoms with Gasteiger partial charge < -0.3 is 5.11 Å². The number of ketones is 1. The largest absolute Gasteiger partial charge is 0.507 e. The Morgan fingerprint density at radius 1 is 0.697 bits per heavy atom. The molecule has 0 radical (unpaired) electrons. The van der Waals surface area contributed by atoms with Crippen molar-refractivity contribution >= 4 is 34.3 Å². The van der Waals surface area contributed by atoms with Crippen LogP contribution in [-0.4, -0.2) is 33.6 Å². The van der Waals surface area contributed by atoms with Gasteiger partial charge in [0, 0.05) is 16.5 Å². The van der Waals surface area contributed by atoms with Crippen molar-refractivity contribution in [2.45, 2.75) is 0 Å². The number of hydrogen-bond acceptors (Lipinski definition) is 5. The molecule has 0 saturated carbocycles. The summed E-state index contributed by atoms with van der Waals surface area (Å²) in [6, 6.07) is 22.4. The summed E-state index contributed by atoms with van der Waals surface area (Å²) >= 11 is 0. The number of carbonyl (C=O) groups excluding carboxylic acids is 4. The van der Waals surface area contributed by atoms with Gasteiger partial charge in [0.25, 0.3) is 17.7 Å². The number of para-hydroxylation sites is 1. The molecule has 0 saturated heterocycles. The first-order valence-corrected chi connectivity index (χ1v) is 10.1. The molecular formula is C26H16N2O5. The maximum Gasteiger partial charge on any atom is 0.280 e. The first kappa shape index (κ1) is 20.1. The van der Waals surface area contributed by atoms with Gasteiger partial charge in [-0.05, 0) is 35.7 Å². The number of aromatic hydroxyl groups is 1. The third kappa shape index (κ3) is 3.23. The lowest BCUT2D eigenvalue weighted by Crippen LogP contribution is -2.51. The molecule has 0 aliphatic carbocycles. The van der Waals surface area contributed by atoms with Crippen LogP contribution >= 0.6 is 0 Å². The maximum atomic E-state index is 13.2. The fourth-order valence-corrected chi connectivity index (χ4v) is 3.97. The fourth-order valence-electron chi connectivity index (χ4n) is 3.97. The highest BCUT2D eigenvalue weighted by molar-refractivity contribution is 6.29. The quantitative estimate of drug-likeness (QED) is 0.375. The predicted octanol–water partition coefficient (Wildman–Crippen LogP) is 3.72. The minimum absolute atomic E-state index is 0.0779. The van der Waals surface area contributed by atoms with Crippen molar-refractivity contribution in [2.75, 3.05) is 0 Å². The molecule has 2 N–H and O–H groups in total. The van der Waals surface area contributed by atoms with Crippen molar-refractivity contribution in [1.29, 1.82) is 0 Å². The second kappa shape index (κ2) is 7.72. The Morgan fingerprint density at radius 2 is 1.36 bits per heavy atom. The standard InChI is InChI=1S/C26H16N2O5/c29-21-12-5-4-9-18(21)24(31)27-28-25(32)19-11-6-10-16-17(13-14-20(22(16)19)26(28)33)23(30)15-7-2-1-3-8-15/h1-14,29H,(H,27,31). The number of phenolic OH excluding ortho intramolecular Hbond substituents is 1. The Morgan fingerprint density at radius 3 is 2.09 bits per heavy atom. The van der Waals surface area contributed by atoms with E-state index < -0.39 is 17.7 Å². The van der Waals surface area contributed by atoms with Crippen molar-refractivity contribution in [3.05, 3.63) is 113 Å². The Labute approximate surface area is 187 Å². The molecule has 7 heteroatoms. The monoisotopic (exact) mass is 436 g/mol. The number of imide groups is 1. The Hall–Kier alpha value is -4.78. The molecule has 0 bridgehead atoms. The lowest BCUT2D eigenvalue weighted by molar-refractivity contribution is 0.0478. The van der Waals surface area contributed by atoms with E-state index in [4.69, 9.17) is 0 Å². The van der Waals surface area contributed by atoms with Crippen LogP contribution in [0.3, 0.4) is 0 Å². The minimum atomic E-state index is -0.804. The van der Waals surface area contributed by atoms with Gasteiger partial charge in [-0.15, -0.1) is 0 Å². The molecule has 1 aliphatic rings. The molecule has 1 heterocycles. The van der Waals surface area contributed by atoms with Gasteiger partial charge in [0.05, 0.1) is 16.7 Å². The first-order valence-electron chi connectivity index (χ1n) is 10.1. The van der Waals surface area contributed by atoms with E-state index in [1.54, 1.807) is 54.6 Å². The highest BCUT2D eigenvalue weighted by atomic mass is 16.3. The smallest absolute Gasteiger partial charge is 0.280 e. The topological polar surface area (TPSA) is 104 Å². The van der Waals surface area contributed by atoms with E-state index in [1.165, 1.54) is 24.3 Å². The Bertz CT molecular complexity index is 1450. The van der Waals surface area contributed by atoms with Crippen LogP contribution in [0, 0.1) is 0 Å². The summed E-state index contributed by atoms with van der Waals surface area (Å²) in [5.41, 5.74) is 3.44. The van der Waals surface area contributed by atoms with Gasteiger partial charge in [-0.2, -0.15) is 5.01 Å². The Balaban J connectivity index is 1.57. The van der Waals surface area contributed by atoms with Crippen molar-refractivity contribution in [1.82, 2.24) is 10.4 Å². The summed E-state index contributed by atoms with van der Waals surface area (Å²) in [4.78, 5) is 52.0. The fraction of sp³-hybridized carbons (Fsp3) is 0. The molecular weight excluding hydrogens is 420 g/mol. The minimum Gasteiger partial charge on any atom is -0.507 e. The molecule has 4 aromatic rings. The molecule has 0 aromatic heterocycles. The zero-order valence-corrected chi connectivity index (χ0v) is 17.1. The number of nitrogens with one attached hydrogen (secondary N) is 1. The lowest BCUT2D eigenvalue weighted by Gasteiger charge is -2.27. The van der Waals surface area contributed by atoms with Crippen LogP contribution in [0.25, 0.3) is 10.8 Å². The van der Waals surface area contributed by atoms with Crippen LogP contribution in [-0.2, 0) is 0 Å². The van der Waals surface area contributed by atoms with E-state index in [0.29, 0.717) is 26.9 Å². The van der Waals surface area contributed by atoms with Gasteiger partial charge in [-0.1, -0.05) is 54.6 Å². The summed E-state index contributed by atoms with van der Waals surface area (Å²) in [5, 5.41) is 11.4. The lowest BCUT2D eigenvalue weighted by atomic mass is 9.89. The van der Waals surface area contributed by atoms with E-state index in [1.807, 2.05) is 6.07 Å². The molecule has 7 nitrogen and oxygen atoms in total. The summed E-state index contributed by atoms with van der Waals surface area (Å²) in [7, 11) is 0. The van der Waals surface area contributed by atoms with Crippen LogP contribution in [0.15, 0.2) is 84.9 Å². The van der Waals surface area contributed by atoms with E-state index >= 15 is 0 Å². The van der Waals surface area contributed by atoms with Crippen LogP contribution in [0.1, 0.15) is 47.0 Å². The molecule has 0 unspecified atom stereocenters. The molecule has 5 rings (SSSR count). The summed E-state index contributed by atoms with van der Waals surface area (Å²) < 4.78 is 0.